The summed E-state index contributed by atoms with van der Waals surface area (Å²) in [6.45, 7) is 5.97. The lowest BCUT2D eigenvalue weighted by Gasteiger charge is -2.18. The first-order valence-electron chi connectivity index (χ1n) is 6.54. The van der Waals surface area contributed by atoms with E-state index >= 15 is 0 Å². The quantitative estimate of drug-likeness (QED) is 0.624. The smallest absolute Gasteiger partial charge is 0.337 e. The van der Waals surface area contributed by atoms with Crippen LogP contribution in [0.25, 0.3) is 0 Å². The predicted molar refractivity (Wildman–Crippen MR) is 77.4 cm³/mol. The van der Waals surface area contributed by atoms with Crippen LogP contribution >= 0.6 is 0 Å². The Bertz CT molecular complexity index is 569. The summed E-state index contributed by atoms with van der Waals surface area (Å²) in [7, 11) is -3.49. The molecule has 21 heavy (non-hydrogen) atoms. The fraction of sp³-hybridized carbons (Fsp3) is 0.727. The largest absolute Gasteiger partial charge is 0.463 e. The number of rotatable bonds is 8. The Morgan fingerprint density at radius 2 is 2.10 bits per heavy atom. The first kappa shape index (κ1) is 17.4. The predicted octanol–water partition coefficient (Wildman–Crippen LogP) is 0.106. The van der Waals surface area contributed by atoms with E-state index in [4.69, 9.17) is 4.74 Å². The highest BCUT2D eigenvalue weighted by Crippen LogP contribution is 2.10. The highest BCUT2D eigenvalue weighted by Gasteiger charge is 2.24. The minimum Gasteiger partial charge on any atom is -0.463 e. The van der Waals surface area contributed by atoms with Crippen LogP contribution in [0.3, 0.4) is 0 Å². The zero-order valence-corrected chi connectivity index (χ0v) is 13.3. The van der Waals surface area contributed by atoms with Crippen molar-refractivity contribution in [3.05, 3.63) is 0 Å². The molecular weight excluding hydrogens is 298 g/mol. The van der Waals surface area contributed by atoms with E-state index in [0.717, 1.165) is 6.26 Å². The molecule has 0 spiro atoms. The number of sulfonamides is 1. The highest BCUT2D eigenvalue weighted by atomic mass is 32.2. The molecule has 1 unspecified atom stereocenters. The second-order valence-corrected chi connectivity index (χ2v) is 6.74. The summed E-state index contributed by atoms with van der Waals surface area (Å²) in [5, 5.41) is 8.71. The van der Waals surface area contributed by atoms with E-state index < -0.39 is 22.0 Å². The maximum absolute atomic E-state index is 12.1. The van der Waals surface area contributed by atoms with Crippen molar-refractivity contribution in [3.8, 4) is 6.01 Å². The van der Waals surface area contributed by atoms with Gasteiger partial charge in [-0.15, -0.1) is 5.10 Å². The van der Waals surface area contributed by atoms with Crippen molar-refractivity contribution >= 4 is 21.9 Å². The van der Waals surface area contributed by atoms with Crippen molar-refractivity contribution in [1.82, 2.24) is 19.9 Å². The van der Waals surface area contributed by atoms with Gasteiger partial charge in [-0.2, -0.15) is 4.98 Å². The van der Waals surface area contributed by atoms with E-state index in [0.29, 0.717) is 13.0 Å². The van der Waals surface area contributed by atoms with E-state index in [1.54, 1.807) is 6.92 Å². The standard InChI is InChI=1S/C11H21N5O4S/c1-5-20-11-13-10(14-15-11)12-9(17)8(6-7(2)3)16-21(4,18)19/h7-8,16H,5-6H2,1-4H3,(H2,12,13,14,15,17). The molecule has 120 valence electrons. The number of aromatic amines is 1. The maximum atomic E-state index is 12.1. The van der Waals surface area contributed by atoms with Crippen molar-refractivity contribution in [3.63, 3.8) is 0 Å². The van der Waals surface area contributed by atoms with Crippen LogP contribution in [0.5, 0.6) is 6.01 Å². The number of anilines is 1. The lowest BCUT2D eigenvalue weighted by Crippen LogP contribution is -2.44. The fourth-order valence-corrected chi connectivity index (χ4v) is 2.36. The molecular formula is C11H21N5O4S. The number of hydrogen-bond acceptors (Lipinski definition) is 6. The Labute approximate surface area is 123 Å². The number of nitrogens with one attached hydrogen (secondary N) is 3. The van der Waals surface area contributed by atoms with Gasteiger partial charge in [0.15, 0.2) is 0 Å². The van der Waals surface area contributed by atoms with E-state index in [-0.39, 0.29) is 17.9 Å². The minimum atomic E-state index is -3.49. The molecule has 1 aromatic heterocycles. The third-order valence-electron chi connectivity index (χ3n) is 2.36. The minimum absolute atomic E-state index is 0.104. The normalized spacial score (nSPS) is 13.2. The molecule has 1 rings (SSSR count). The molecule has 0 aliphatic carbocycles. The Hall–Kier alpha value is -1.68. The molecule has 0 aliphatic rings. The zero-order chi connectivity index (χ0) is 16.0. The fourth-order valence-electron chi connectivity index (χ4n) is 1.64. The van der Waals surface area contributed by atoms with Crippen LogP contribution in [0.15, 0.2) is 0 Å². The summed E-state index contributed by atoms with van der Waals surface area (Å²) in [6.07, 6.45) is 1.38. The van der Waals surface area contributed by atoms with Crippen LogP contribution in [0.1, 0.15) is 27.2 Å². The molecule has 0 saturated heterocycles. The van der Waals surface area contributed by atoms with Crippen LogP contribution in [-0.2, 0) is 14.8 Å². The number of aromatic nitrogens is 3. The van der Waals surface area contributed by atoms with Crippen molar-refractivity contribution < 1.29 is 17.9 Å². The lowest BCUT2D eigenvalue weighted by molar-refractivity contribution is -0.118. The number of hydrogen-bond donors (Lipinski definition) is 3. The van der Waals surface area contributed by atoms with Gasteiger partial charge in [0.2, 0.25) is 21.9 Å². The van der Waals surface area contributed by atoms with Gasteiger partial charge in [-0.05, 0) is 19.3 Å². The molecule has 0 bridgehead atoms. The summed E-state index contributed by atoms with van der Waals surface area (Å²) in [5.74, 6) is -0.260. The average Bonchev–Trinajstić information content (AvgIpc) is 2.73. The number of carbonyl (C=O) groups excluding carboxylic acids is 1. The Morgan fingerprint density at radius 1 is 1.43 bits per heavy atom. The second-order valence-electron chi connectivity index (χ2n) is 4.96. The molecule has 0 radical (unpaired) electrons. The molecule has 0 saturated carbocycles. The Morgan fingerprint density at radius 3 is 2.62 bits per heavy atom. The Balaban J connectivity index is 2.74. The van der Waals surface area contributed by atoms with Crippen molar-refractivity contribution in [2.75, 3.05) is 18.2 Å². The number of carbonyl (C=O) groups is 1. The lowest BCUT2D eigenvalue weighted by atomic mass is 10.0. The van der Waals surface area contributed by atoms with Gasteiger partial charge < -0.3 is 4.74 Å². The van der Waals surface area contributed by atoms with Gasteiger partial charge in [0.25, 0.3) is 0 Å². The first-order chi connectivity index (χ1) is 9.71. The molecule has 1 heterocycles. The molecule has 0 aliphatic heterocycles. The van der Waals surface area contributed by atoms with Gasteiger partial charge in [-0.1, -0.05) is 13.8 Å². The SMILES string of the molecule is CCOc1n[nH]c(NC(=O)C(CC(C)C)NS(C)(=O)=O)n1. The summed E-state index contributed by atoms with van der Waals surface area (Å²) in [5.41, 5.74) is 0. The van der Waals surface area contributed by atoms with Gasteiger partial charge in [0, 0.05) is 0 Å². The summed E-state index contributed by atoms with van der Waals surface area (Å²) >= 11 is 0. The van der Waals surface area contributed by atoms with E-state index in [9.17, 15) is 13.2 Å². The number of amides is 1. The van der Waals surface area contributed by atoms with Crippen molar-refractivity contribution in [2.45, 2.75) is 33.2 Å². The second kappa shape index (κ2) is 7.36. The topological polar surface area (TPSA) is 126 Å². The molecule has 9 nitrogen and oxygen atoms in total. The van der Waals surface area contributed by atoms with E-state index in [2.05, 4.69) is 25.2 Å². The van der Waals surface area contributed by atoms with E-state index in [1.165, 1.54) is 0 Å². The maximum Gasteiger partial charge on any atom is 0.337 e. The van der Waals surface area contributed by atoms with E-state index in [1.807, 2.05) is 13.8 Å². The summed E-state index contributed by atoms with van der Waals surface area (Å²) < 4.78 is 30.0. The summed E-state index contributed by atoms with van der Waals surface area (Å²) in [4.78, 5) is 16.0. The number of ether oxygens (including phenoxy) is 1. The monoisotopic (exact) mass is 319 g/mol. The van der Waals surface area contributed by atoms with Crippen LogP contribution in [-0.4, -0.2) is 48.4 Å². The van der Waals surface area contributed by atoms with Crippen LogP contribution in [0.2, 0.25) is 0 Å². The average molecular weight is 319 g/mol. The zero-order valence-electron chi connectivity index (χ0n) is 12.5. The van der Waals surface area contributed by atoms with Gasteiger partial charge >= 0.3 is 6.01 Å². The third kappa shape index (κ3) is 6.54. The third-order valence-corrected chi connectivity index (χ3v) is 3.07. The van der Waals surface area contributed by atoms with Crippen molar-refractivity contribution in [1.29, 1.82) is 0 Å². The van der Waals surface area contributed by atoms with Gasteiger partial charge in [0.05, 0.1) is 12.9 Å². The molecule has 0 fully saturated rings. The van der Waals surface area contributed by atoms with Gasteiger partial charge in [-0.25, -0.2) is 18.2 Å². The van der Waals surface area contributed by atoms with Crippen LogP contribution in [0.4, 0.5) is 5.95 Å². The Kier molecular flexibility index (Phi) is 6.09. The van der Waals surface area contributed by atoms with Crippen molar-refractivity contribution in [2.24, 2.45) is 5.92 Å². The van der Waals surface area contributed by atoms with Crippen LogP contribution < -0.4 is 14.8 Å². The van der Waals surface area contributed by atoms with Gasteiger partial charge in [0.1, 0.15) is 6.04 Å². The molecule has 1 amide bonds. The molecule has 0 aromatic carbocycles. The molecule has 10 heteroatoms. The highest BCUT2D eigenvalue weighted by molar-refractivity contribution is 7.88. The number of H-pyrrole nitrogens is 1. The summed E-state index contributed by atoms with van der Waals surface area (Å²) in [6, 6.07) is -0.759. The first-order valence-corrected chi connectivity index (χ1v) is 8.43. The van der Waals surface area contributed by atoms with Gasteiger partial charge in [-0.3, -0.25) is 10.1 Å². The molecule has 1 aromatic rings. The number of nitrogens with zero attached hydrogens (tertiary/aromatic N) is 2. The molecule has 3 N–H and O–H groups in total. The molecule has 1 atom stereocenters. The van der Waals surface area contributed by atoms with Crippen LogP contribution in [0, 0.1) is 5.92 Å².